The van der Waals surface area contributed by atoms with Crippen LogP contribution in [0.15, 0.2) is 30.3 Å². The fourth-order valence-corrected chi connectivity index (χ4v) is 3.11. The van der Waals surface area contributed by atoms with E-state index in [4.69, 9.17) is 14.2 Å². The highest BCUT2D eigenvalue weighted by atomic mass is 35.5. The third-order valence-electron chi connectivity index (χ3n) is 4.68. The number of carbonyl (C=O) groups excluding carboxylic acids is 1. The number of benzene rings is 1. The van der Waals surface area contributed by atoms with Crippen LogP contribution in [0.5, 0.6) is 0 Å². The summed E-state index contributed by atoms with van der Waals surface area (Å²) in [5.41, 5.74) is 1.25. The van der Waals surface area contributed by atoms with Crippen LogP contribution in [0.3, 0.4) is 0 Å². The number of ether oxygens (including phenoxy) is 3. The van der Waals surface area contributed by atoms with Gasteiger partial charge in [-0.3, -0.25) is 4.79 Å². The van der Waals surface area contributed by atoms with Crippen molar-refractivity contribution < 1.29 is 31.4 Å². The fourth-order valence-electron chi connectivity index (χ4n) is 3.11. The van der Waals surface area contributed by atoms with Crippen molar-refractivity contribution in [2.75, 3.05) is 19.8 Å². The Morgan fingerprint density at radius 1 is 1.15 bits per heavy atom. The number of rotatable bonds is 6. The van der Waals surface area contributed by atoms with Gasteiger partial charge in [0.05, 0.1) is 25.2 Å². The maximum absolute atomic E-state index is 12.2. The topological polar surface area (TPSA) is 44.8 Å². The lowest BCUT2D eigenvalue weighted by Gasteiger charge is -2.31. The Kier molecular flexibility index (Phi) is 10.2. The average Bonchev–Trinajstić information content (AvgIpc) is 2.61. The lowest BCUT2D eigenvalue weighted by Crippen LogP contribution is -3.00. The maximum atomic E-state index is 12.2. The van der Waals surface area contributed by atoms with Crippen LogP contribution in [0, 0.1) is 17.8 Å². The smallest absolute Gasteiger partial charge is 0.311 e. The number of esters is 1. The summed E-state index contributed by atoms with van der Waals surface area (Å²) in [5.74, 6) is 0.292. The molecule has 0 amide bonds. The summed E-state index contributed by atoms with van der Waals surface area (Å²) in [6, 6.07) is 10.4. The minimum absolute atomic E-state index is 0. The molecule has 0 aromatic heterocycles. The van der Waals surface area contributed by atoms with Crippen molar-refractivity contribution in [2.24, 2.45) is 17.8 Å². The van der Waals surface area contributed by atoms with Crippen LogP contribution in [0.4, 0.5) is 0 Å². The molecule has 0 saturated carbocycles. The molecule has 0 spiro atoms. The first-order valence-electron chi connectivity index (χ1n) is 9.41. The SMILES string of the molecule is CC(C)CCO[C@@H]1[C@@H](Cc2ccccc2)COC[C@H](C)C(=O)O[C@H]1C.[Cl-]. The van der Waals surface area contributed by atoms with E-state index in [9.17, 15) is 4.79 Å². The Hall–Kier alpha value is -1.10. The summed E-state index contributed by atoms with van der Waals surface area (Å²) >= 11 is 0. The molecule has 4 atom stereocenters. The first kappa shape index (κ1) is 22.9. The van der Waals surface area contributed by atoms with Gasteiger partial charge < -0.3 is 26.6 Å². The van der Waals surface area contributed by atoms with Gasteiger partial charge in [0.2, 0.25) is 0 Å². The van der Waals surface area contributed by atoms with Gasteiger partial charge in [0.15, 0.2) is 0 Å². The third-order valence-corrected chi connectivity index (χ3v) is 4.68. The molecular formula is C21H32ClO4-. The lowest BCUT2D eigenvalue weighted by molar-refractivity contribution is -0.162. The fraction of sp³-hybridized carbons (Fsp3) is 0.667. The molecule has 4 nitrogen and oxygen atoms in total. The standard InChI is InChI=1S/C21H32O4.ClH/c1-15(2)10-11-24-20-17(4)25-21(22)16(3)13-23-14-19(20)12-18-8-6-5-7-9-18;/h5-9,15-17,19-20H,10-14H2,1-4H3;1H/p-1/t16-,17-,19-,20-;/m0./s1. The average molecular weight is 384 g/mol. The van der Waals surface area contributed by atoms with E-state index in [1.54, 1.807) is 0 Å². The Balaban J connectivity index is 0.00000338. The Labute approximate surface area is 164 Å². The number of cyclic esters (lactones) is 1. The zero-order valence-electron chi connectivity index (χ0n) is 16.3. The molecule has 2 rings (SSSR count). The number of halogens is 1. The van der Waals surface area contributed by atoms with Crippen molar-refractivity contribution >= 4 is 5.97 Å². The van der Waals surface area contributed by atoms with E-state index in [2.05, 4.69) is 26.0 Å². The molecule has 26 heavy (non-hydrogen) atoms. The van der Waals surface area contributed by atoms with E-state index >= 15 is 0 Å². The quantitative estimate of drug-likeness (QED) is 0.684. The highest BCUT2D eigenvalue weighted by Gasteiger charge is 2.33. The zero-order chi connectivity index (χ0) is 18.2. The molecule has 1 aliphatic heterocycles. The van der Waals surface area contributed by atoms with Crippen molar-refractivity contribution in [3.05, 3.63) is 35.9 Å². The first-order valence-corrected chi connectivity index (χ1v) is 9.41. The maximum Gasteiger partial charge on any atom is 0.311 e. The van der Waals surface area contributed by atoms with Crippen LogP contribution in [0.25, 0.3) is 0 Å². The summed E-state index contributed by atoms with van der Waals surface area (Å²) in [7, 11) is 0. The largest absolute Gasteiger partial charge is 1.00 e. The molecule has 1 aromatic carbocycles. The molecule has 0 radical (unpaired) electrons. The summed E-state index contributed by atoms with van der Waals surface area (Å²) in [6.07, 6.45) is 1.40. The lowest BCUT2D eigenvalue weighted by atomic mass is 9.91. The Morgan fingerprint density at radius 2 is 1.85 bits per heavy atom. The van der Waals surface area contributed by atoms with E-state index in [0.29, 0.717) is 25.7 Å². The molecule has 1 saturated heterocycles. The summed E-state index contributed by atoms with van der Waals surface area (Å²) in [6.45, 7) is 9.80. The minimum atomic E-state index is -0.280. The second-order valence-electron chi connectivity index (χ2n) is 7.55. The van der Waals surface area contributed by atoms with Gasteiger partial charge in [-0.25, -0.2) is 0 Å². The number of hydrogen-bond donors (Lipinski definition) is 0. The Morgan fingerprint density at radius 3 is 2.50 bits per heavy atom. The van der Waals surface area contributed by atoms with Gasteiger partial charge in [0.25, 0.3) is 0 Å². The monoisotopic (exact) mass is 383 g/mol. The van der Waals surface area contributed by atoms with Crippen LogP contribution in [-0.4, -0.2) is 38.0 Å². The predicted molar refractivity (Wildman–Crippen MR) is 98.4 cm³/mol. The normalized spacial score (nSPS) is 27.0. The van der Waals surface area contributed by atoms with Gasteiger partial charge in [-0.15, -0.1) is 0 Å². The molecule has 1 aromatic rings. The van der Waals surface area contributed by atoms with Crippen LogP contribution >= 0.6 is 0 Å². The molecule has 1 fully saturated rings. The van der Waals surface area contributed by atoms with Gasteiger partial charge in [-0.2, -0.15) is 0 Å². The molecule has 5 heteroatoms. The van der Waals surface area contributed by atoms with Crippen molar-refractivity contribution in [3.8, 4) is 0 Å². The van der Waals surface area contributed by atoms with Crippen molar-refractivity contribution in [1.29, 1.82) is 0 Å². The molecule has 1 heterocycles. The highest BCUT2D eigenvalue weighted by Crippen LogP contribution is 2.24. The van der Waals surface area contributed by atoms with Crippen LogP contribution in [0.1, 0.15) is 39.7 Å². The van der Waals surface area contributed by atoms with Crippen LogP contribution in [-0.2, 0) is 25.4 Å². The van der Waals surface area contributed by atoms with Crippen molar-refractivity contribution in [2.45, 2.75) is 52.7 Å². The third kappa shape index (κ3) is 7.26. The predicted octanol–water partition coefficient (Wildman–Crippen LogP) is 0.879. The van der Waals surface area contributed by atoms with E-state index in [1.165, 1.54) is 5.56 Å². The number of carbonyl (C=O) groups is 1. The first-order chi connectivity index (χ1) is 12.0. The van der Waals surface area contributed by atoms with E-state index in [1.807, 2.05) is 32.0 Å². The van der Waals surface area contributed by atoms with Gasteiger partial charge >= 0.3 is 5.97 Å². The molecule has 0 unspecified atom stereocenters. The summed E-state index contributed by atoms with van der Waals surface area (Å²) in [4.78, 5) is 12.2. The second-order valence-corrected chi connectivity index (χ2v) is 7.55. The number of hydrogen-bond acceptors (Lipinski definition) is 4. The highest BCUT2D eigenvalue weighted by molar-refractivity contribution is 5.72. The van der Waals surface area contributed by atoms with Gasteiger partial charge in [-0.1, -0.05) is 44.2 Å². The molecule has 0 N–H and O–H groups in total. The van der Waals surface area contributed by atoms with Gasteiger partial charge in [-0.05, 0) is 38.2 Å². The van der Waals surface area contributed by atoms with Gasteiger partial charge in [0, 0.05) is 12.5 Å². The molecular weight excluding hydrogens is 352 g/mol. The molecule has 1 aliphatic rings. The molecule has 0 aliphatic carbocycles. The minimum Gasteiger partial charge on any atom is -1.00 e. The van der Waals surface area contributed by atoms with E-state index in [0.717, 1.165) is 12.8 Å². The van der Waals surface area contributed by atoms with E-state index in [-0.39, 0.29) is 42.4 Å². The Bertz CT molecular complexity index is 520. The van der Waals surface area contributed by atoms with Crippen LogP contribution in [0.2, 0.25) is 0 Å². The second kappa shape index (κ2) is 11.6. The van der Waals surface area contributed by atoms with Gasteiger partial charge in [0.1, 0.15) is 6.10 Å². The van der Waals surface area contributed by atoms with Crippen molar-refractivity contribution in [3.63, 3.8) is 0 Å². The summed E-state index contributed by atoms with van der Waals surface area (Å²) < 4.78 is 17.7. The van der Waals surface area contributed by atoms with E-state index < -0.39 is 0 Å². The zero-order valence-corrected chi connectivity index (χ0v) is 17.1. The van der Waals surface area contributed by atoms with Crippen LogP contribution < -0.4 is 12.4 Å². The summed E-state index contributed by atoms with van der Waals surface area (Å²) in [5, 5.41) is 0. The molecule has 148 valence electrons. The molecule has 0 bridgehead atoms. The van der Waals surface area contributed by atoms with Crippen molar-refractivity contribution in [1.82, 2.24) is 0 Å².